The lowest BCUT2D eigenvalue weighted by Crippen LogP contribution is -2.35. The lowest BCUT2D eigenvalue weighted by molar-refractivity contribution is -0.152. The molecule has 3 nitrogen and oxygen atoms in total. The second kappa shape index (κ2) is 4.96. The molecule has 0 radical (unpaired) electrons. The minimum atomic E-state index is -5.10. The van der Waals surface area contributed by atoms with E-state index in [2.05, 4.69) is 4.98 Å². The molecule has 1 aromatic heterocycles. The van der Waals surface area contributed by atoms with Gasteiger partial charge in [0.15, 0.2) is 6.17 Å². The topological polar surface area (TPSA) is 42.4 Å². The van der Waals surface area contributed by atoms with Crippen LogP contribution >= 0.6 is 0 Å². The molecule has 0 unspecified atom stereocenters. The molecule has 0 aromatic carbocycles. The SMILES string of the molecule is O[C@H]1c2c(C(F)(F)F)cnc(OC3CC(F)C3)c2[C@@H](F)C1(F)F. The van der Waals surface area contributed by atoms with Gasteiger partial charge in [0.25, 0.3) is 0 Å². The molecule has 2 aliphatic carbocycles. The van der Waals surface area contributed by atoms with E-state index >= 15 is 0 Å². The second-order valence-electron chi connectivity index (χ2n) is 5.55. The van der Waals surface area contributed by atoms with Gasteiger partial charge in [0.05, 0.1) is 11.1 Å². The molecular formula is C13H10F7NO2. The van der Waals surface area contributed by atoms with Crippen molar-refractivity contribution < 1.29 is 40.6 Å². The Bertz CT molecular complexity index is 627. The van der Waals surface area contributed by atoms with Crippen molar-refractivity contribution in [3.05, 3.63) is 22.9 Å². The first kappa shape index (κ1) is 16.3. The number of fused-ring (bicyclic) bond motifs is 1. The average Bonchev–Trinajstić information content (AvgIpc) is 2.58. The maximum absolute atomic E-state index is 14.0. The van der Waals surface area contributed by atoms with Crippen LogP contribution in [0.15, 0.2) is 6.20 Å². The van der Waals surface area contributed by atoms with Gasteiger partial charge in [0, 0.05) is 24.6 Å². The number of hydrogen-bond donors (Lipinski definition) is 1. The lowest BCUT2D eigenvalue weighted by Gasteiger charge is -2.30. The van der Waals surface area contributed by atoms with Crippen LogP contribution < -0.4 is 4.74 Å². The second-order valence-corrected chi connectivity index (χ2v) is 5.55. The van der Waals surface area contributed by atoms with E-state index in [0.717, 1.165) is 0 Å². The maximum Gasteiger partial charge on any atom is 0.418 e. The van der Waals surface area contributed by atoms with Crippen LogP contribution in [-0.4, -0.2) is 28.3 Å². The summed E-state index contributed by atoms with van der Waals surface area (Å²) in [5, 5.41) is 9.46. The zero-order valence-electron chi connectivity index (χ0n) is 11.2. The third-order valence-corrected chi connectivity index (χ3v) is 3.97. The van der Waals surface area contributed by atoms with E-state index in [1.54, 1.807) is 0 Å². The van der Waals surface area contributed by atoms with Crippen molar-refractivity contribution in [2.24, 2.45) is 0 Å². The Hall–Kier alpha value is -1.58. The van der Waals surface area contributed by atoms with Crippen molar-refractivity contribution in [1.29, 1.82) is 0 Å². The summed E-state index contributed by atoms with van der Waals surface area (Å²) in [6.45, 7) is 0. The molecule has 23 heavy (non-hydrogen) atoms. The summed E-state index contributed by atoms with van der Waals surface area (Å²) in [6.07, 6.45) is -13.2. The van der Waals surface area contributed by atoms with Crippen molar-refractivity contribution >= 4 is 0 Å². The molecule has 1 N–H and O–H groups in total. The van der Waals surface area contributed by atoms with E-state index in [9.17, 15) is 35.8 Å². The summed E-state index contributed by atoms with van der Waals surface area (Å²) in [4.78, 5) is 3.26. The third-order valence-electron chi connectivity index (χ3n) is 3.97. The highest BCUT2D eigenvalue weighted by Crippen LogP contribution is 2.57. The number of rotatable bonds is 2. The van der Waals surface area contributed by atoms with Gasteiger partial charge in [-0.05, 0) is 0 Å². The Morgan fingerprint density at radius 2 is 1.78 bits per heavy atom. The van der Waals surface area contributed by atoms with Crippen molar-refractivity contribution in [2.45, 2.75) is 49.5 Å². The van der Waals surface area contributed by atoms with E-state index in [4.69, 9.17) is 4.74 Å². The first-order valence-corrected chi connectivity index (χ1v) is 6.64. The quantitative estimate of drug-likeness (QED) is 0.832. The molecule has 0 aliphatic heterocycles. The molecule has 1 saturated carbocycles. The van der Waals surface area contributed by atoms with Gasteiger partial charge in [-0.2, -0.15) is 22.0 Å². The predicted molar refractivity (Wildman–Crippen MR) is 61.5 cm³/mol. The fraction of sp³-hybridized carbons (Fsp3) is 0.615. The number of halogens is 7. The highest BCUT2D eigenvalue weighted by Gasteiger charge is 2.60. The third kappa shape index (κ3) is 2.43. The van der Waals surface area contributed by atoms with Gasteiger partial charge in [-0.25, -0.2) is 13.8 Å². The molecule has 1 aromatic rings. The summed E-state index contributed by atoms with van der Waals surface area (Å²) < 4.78 is 97.7. The van der Waals surface area contributed by atoms with Gasteiger partial charge >= 0.3 is 12.1 Å². The molecule has 2 atom stereocenters. The summed E-state index contributed by atoms with van der Waals surface area (Å²) in [6, 6.07) is 0. The van der Waals surface area contributed by atoms with Gasteiger partial charge in [0.2, 0.25) is 5.88 Å². The summed E-state index contributed by atoms with van der Waals surface area (Å²) in [5.74, 6) is -5.21. The minimum Gasteiger partial charge on any atom is -0.474 e. The molecule has 1 fully saturated rings. The van der Waals surface area contributed by atoms with Crippen LogP contribution in [0.1, 0.15) is 41.8 Å². The van der Waals surface area contributed by atoms with E-state index in [1.807, 2.05) is 0 Å². The molecule has 0 spiro atoms. The van der Waals surface area contributed by atoms with E-state index < -0.39 is 59.2 Å². The monoisotopic (exact) mass is 345 g/mol. The summed E-state index contributed by atoms with van der Waals surface area (Å²) in [7, 11) is 0. The van der Waals surface area contributed by atoms with Crippen LogP contribution in [0, 0.1) is 0 Å². The minimum absolute atomic E-state index is 0.0899. The average molecular weight is 345 g/mol. The van der Waals surface area contributed by atoms with Crippen LogP contribution in [-0.2, 0) is 6.18 Å². The smallest absolute Gasteiger partial charge is 0.418 e. The van der Waals surface area contributed by atoms with Gasteiger partial charge in [-0.3, -0.25) is 0 Å². The van der Waals surface area contributed by atoms with Crippen molar-refractivity contribution in [3.8, 4) is 5.88 Å². The molecule has 0 saturated heterocycles. The normalized spacial score (nSPS) is 32.3. The Morgan fingerprint density at radius 1 is 1.17 bits per heavy atom. The predicted octanol–water partition coefficient (Wildman–Crippen LogP) is 3.67. The summed E-state index contributed by atoms with van der Waals surface area (Å²) in [5.41, 5.74) is -4.06. The molecule has 3 rings (SSSR count). The zero-order valence-corrected chi connectivity index (χ0v) is 11.2. The lowest BCUT2D eigenvalue weighted by atomic mass is 9.93. The van der Waals surface area contributed by atoms with Crippen LogP contribution in [0.3, 0.4) is 0 Å². The Balaban J connectivity index is 2.08. The van der Waals surface area contributed by atoms with Crippen LogP contribution in [0.25, 0.3) is 0 Å². The maximum atomic E-state index is 14.0. The molecule has 1 heterocycles. The Labute approximate surface area is 125 Å². The number of hydrogen-bond acceptors (Lipinski definition) is 3. The number of ether oxygens (including phenoxy) is 1. The molecule has 2 aliphatic rings. The first-order chi connectivity index (χ1) is 10.5. The van der Waals surface area contributed by atoms with Crippen molar-refractivity contribution in [1.82, 2.24) is 4.98 Å². The van der Waals surface area contributed by atoms with Gasteiger partial charge in [-0.1, -0.05) is 0 Å². The van der Waals surface area contributed by atoms with Gasteiger partial charge < -0.3 is 9.84 Å². The number of aliphatic hydroxyl groups is 1. The van der Waals surface area contributed by atoms with E-state index in [1.165, 1.54) is 0 Å². The zero-order chi connectivity index (χ0) is 17.2. The highest BCUT2D eigenvalue weighted by molar-refractivity contribution is 5.50. The van der Waals surface area contributed by atoms with Gasteiger partial charge in [0.1, 0.15) is 18.4 Å². The first-order valence-electron chi connectivity index (χ1n) is 6.64. The molecule has 0 amide bonds. The highest BCUT2D eigenvalue weighted by atomic mass is 19.4. The van der Waals surface area contributed by atoms with Crippen LogP contribution in [0.5, 0.6) is 5.88 Å². The molecule has 128 valence electrons. The van der Waals surface area contributed by atoms with Gasteiger partial charge in [-0.15, -0.1) is 0 Å². The number of alkyl halides is 7. The molecule has 10 heteroatoms. The molecule has 0 bridgehead atoms. The number of nitrogens with zero attached hydrogens (tertiary/aromatic N) is 1. The molecular weight excluding hydrogens is 335 g/mol. The van der Waals surface area contributed by atoms with E-state index in [-0.39, 0.29) is 19.0 Å². The number of aliphatic hydroxyl groups excluding tert-OH is 1. The summed E-state index contributed by atoms with van der Waals surface area (Å²) >= 11 is 0. The largest absolute Gasteiger partial charge is 0.474 e. The van der Waals surface area contributed by atoms with Crippen LogP contribution in [0.2, 0.25) is 0 Å². The standard InChI is InChI=1S/C13H10F7NO2/c14-4-1-5(2-4)23-11-8-7(6(3-21-11)13(18,19)20)10(22)12(16,17)9(8)15/h3-5,9-10,22H,1-2H2/t4?,5?,9-,10+/m1/s1. The fourth-order valence-electron chi connectivity index (χ4n) is 2.66. The number of aromatic nitrogens is 1. The van der Waals surface area contributed by atoms with Crippen LogP contribution in [0.4, 0.5) is 30.7 Å². The Kier molecular flexibility index (Phi) is 3.51. The Morgan fingerprint density at radius 3 is 2.30 bits per heavy atom. The van der Waals surface area contributed by atoms with E-state index in [0.29, 0.717) is 0 Å². The van der Waals surface area contributed by atoms with Crippen molar-refractivity contribution in [3.63, 3.8) is 0 Å². The fourth-order valence-corrected chi connectivity index (χ4v) is 2.66. The van der Waals surface area contributed by atoms with Crippen molar-refractivity contribution in [2.75, 3.05) is 0 Å². The number of pyridine rings is 1.